The van der Waals surface area contributed by atoms with Gasteiger partial charge in [0, 0.05) is 25.2 Å². The Morgan fingerprint density at radius 3 is 2.65 bits per heavy atom. The van der Waals surface area contributed by atoms with Crippen LogP contribution in [0.4, 0.5) is 0 Å². The minimum atomic E-state index is -0.0223. The fourth-order valence-electron chi connectivity index (χ4n) is 1.80. The molecular formula is C16H18N2OS. The van der Waals surface area contributed by atoms with Crippen molar-refractivity contribution < 1.29 is 4.79 Å². The van der Waals surface area contributed by atoms with Crippen LogP contribution < -0.4 is 0 Å². The van der Waals surface area contributed by atoms with Crippen molar-refractivity contribution in [3.05, 3.63) is 53.2 Å². The van der Waals surface area contributed by atoms with Crippen LogP contribution in [0.2, 0.25) is 0 Å². The minimum Gasteiger partial charge on any atom is -0.345 e. The topological polar surface area (TPSA) is 33.2 Å². The maximum atomic E-state index is 12.2. The number of benzene rings is 1. The Kier molecular flexibility index (Phi) is 4.45. The van der Waals surface area contributed by atoms with Crippen molar-refractivity contribution in [2.24, 2.45) is 0 Å². The number of nitrogens with zero attached hydrogens (tertiary/aromatic N) is 2. The van der Waals surface area contributed by atoms with Gasteiger partial charge in [0.05, 0.1) is 5.56 Å². The predicted molar refractivity (Wildman–Crippen MR) is 82.3 cm³/mol. The molecule has 0 aliphatic heterocycles. The molecule has 0 N–H and O–H groups in total. The van der Waals surface area contributed by atoms with E-state index in [9.17, 15) is 4.79 Å². The highest BCUT2D eigenvalue weighted by atomic mass is 32.2. The normalized spacial score (nSPS) is 10.4. The summed E-state index contributed by atoms with van der Waals surface area (Å²) in [5, 5.41) is 0.750. The lowest BCUT2D eigenvalue weighted by molar-refractivity contribution is 0.0823. The van der Waals surface area contributed by atoms with E-state index >= 15 is 0 Å². The van der Waals surface area contributed by atoms with Gasteiger partial charge in [-0.25, -0.2) is 4.98 Å². The van der Waals surface area contributed by atoms with Crippen LogP contribution in [-0.4, -0.2) is 29.9 Å². The summed E-state index contributed by atoms with van der Waals surface area (Å²) in [5.74, 6) is -0.0223. The lowest BCUT2D eigenvalue weighted by atomic mass is 10.2. The van der Waals surface area contributed by atoms with Crippen molar-refractivity contribution >= 4 is 17.7 Å². The molecule has 1 amide bonds. The number of carbonyl (C=O) groups excluding carboxylic acids is 1. The molecule has 0 saturated carbocycles. The molecule has 2 aromatic rings. The molecule has 0 saturated heterocycles. The van der Waals surface area contributed by atoms with Crippen molar-refractivity contribution in [3.63, 3.8) is 0 Å². The maximum Gasteiger partial charge on any atom is 0.256 e. The van der Waals surface area contributed by atoms with Crippen LogP contribution in [0.15, 0.2) is 46.5 Å². The first-order chi connectivity index (χ1) is 9.49. The fraction of sp³-hybridized carbons (Fsp3) is 0.250. The molecule has 3 nitrogen and oxygen atoms in total. The van der Waals surface area contributed by atoms with Gasteiger partial charge in [0.25, 0.3) is 5.91 Å². The number of rotatable bonds is 3. The maximum absolute atomic E-state index is 12.2. The summed E-state index contributed by atoms with van der Waals surface area (Å²) in [5.41, 5.74) is 3.03. The number of amides is 1. The average molecular weight is 286 g/mol. The second kappa shape index (κ2) is 6.09. The summed E-state index contributed by atoms with van der Waals surface area (Å²) in [6, 6.07) is 9.92. The van der Waals surface area contributed by atoms with E-state index in [1.54, 1.807) is 43.0 Å². The highest BCUT2D eigenvalue weighted by Gasteiger charge is 2.15. The lowest BCUT2D eigenvalue weighted by Gasteiger charge is -2.13. The Balaban J connectivity index is 2.39. The quantitative estimate of drug-likeness (QED) is 0.865. The zero-order chi connectivity index (χ0) is 14.7. The van der Waals surface area contributed by atoms with Crippen molar-refractivity contribution in [1.29, 1.82) is 0 Å². The minimum absolute atomic E-state index is 0.0223. The molecule has 104 valence electrons. The van der Waals surface area contributed by atoms with E-state index in [4.69, 9.17) is 0 Å². The molecule has 1 aromatic heterocycles. The SMILES string of the molecule is Cc1ccc(C)c(Sc2ncccc2C(=O)N(C)C)c1. The van der Waals surface area contributed by atoms with Crippen LogP contribution in [-0.2, 0) is 0 Å². The molecular weight excluding hydrogens is 268 g/mol. The molecule has 1 heterocycles. The van der Waals surface area contributed by atoms with Gasteiger partial charge in [-0.1, -0.05) is 23.9 Å². The van der Waals surface area contributed by atoms with Gasteiger partial charge in [0.15, 0.2) is 0 Å². The molecule has 0 spiro atoms. The van der Waals surface area contributed by atoms with Crippen LogP contribution >= 0.6 is 11.8 Å². The average Bonchev–Trinajstić information content (AvgIpc) is 2.42. The monoisotopic (exact) mass is 286 g/mol. The van der Waals surface area contributed by atoms with Gasteiger partial charge in [-0.2, -0.15) is 0 Å². The first-order valence-electron chi connectivity index (χ1n) is 6.41. The van der Waals surface area contributed by atoms with Gasteiger partial charge in [-0.3, -0.25) is 4.79 Å². The van der Waals surface area contributed by atoms with E-state index in [0.29, 0.717) is 5.56 Å². The van der Waals surface area contributed by atoms with Gasteiger partial charge in [0.2, 0.25) is 0 Å². The molecule has 0 aliphatic rings. The smallest absolute Gasteiger partial charge is 0.256 e. The van der Waals surface area contributed by atoms with Crippen molar-refractivity contribution in [3.8, 4) is 0 Å². The highest BCUT2D eigenvalue weighted by Crippen LogP contribution is 2.32. The van der Waals surface area contributed by atoms with Gasteiger partial charge < -0.3 is 4.90 Å². The zero-order valence-electron chi connectivity index (χ0n) is 12.2. The summed E-state index contributed by atoms with van der Waals surface area (Å²) in [6.45, 7) is 4.13. The van der Waals surface area contributed by atoms with Crippen molar-refractivity contribution in [2.75, 3.05) is 14.1 Å². The molecule has 4 heteroatoms. The molecule has 0 bridgehead atoms. The Bertz CT molecular complexity index is 638. The molecule has 2 rings (SSSR count). The zero-order valence-corrected chi connectivity index (χ0v) is 13.0. The third-order valence-corrected chi connectivity index (χ3v) is 4.14. The van der Waals surface area contributed by atoms with Crippen LogP contribution in [0.1, 0.15) is 21.5 Å². The van der Waals surface area contributed by atoms with Gasteiger partial charge >= 0.3 is 0 Å². The lowest BCUT2D eigenvalue weighted by Crippen LogP contribution is -2.22. The third kappa shape index (κ3) is 3.20. The molecule has 1 aromatic carbocycles. The van der Waals surface area contributed by atoms with Gasteiger partial charge in [-0.05, 0) is 43.2 Å². The molecule has 0 aliphatic carbocycles. The molecule has 0 atom stereocenters. The van der Waals surface area contributed by atoms with Gasteiger partial charge in [-0.15, -0.1) is 0 Å². The fourth-order valence-corrected chi connectivity index (χ4v) is 2.86. The molecule has 20 heavy (non-hydrogen) atoms. The predicted octanol–water partition coefficient (Wildman–Crippen LogP) is 3.55. The second-order valence-electron chi connectivity index (χ2n) is 4.93. The van der Waals surface area contributed by atoms with Gasteiger partial charge in [0.1, 0.15) is 5.03 Å². The number of pyridine rings is 1. The number of hydrogen-bond donors (Lipinski definition) is 0. The van der Waals surface area contributed by atoms with E-state index in [1.807, 2.05) is 6.07 Å². The van der Waals surface area contributed by atoms with Crippen LogP contribution in [0, 0.1) is 13.8 Å². The van der Waals surface area contributed by atoms with E-state index in [-0.39, 0.29) is 5.91 Å². The number of carbonyl (C=O) groups is 1. The summed E-state index contributed by atoms with van der Waals surface area (Å²) >= 11 is 1.54. The summed E-state index contributed by atoms with van der Waals surface area (Å²) in [6.07, 6.45) is 1.72. The van der Waals surface area contributed by atoms with Crippen LogP contribution in [0.3, 0.4) is 0 Å². The van der Waals surface area contributed by atoms with Crippen molar-refractivity contribution in [2.45, 2.75) is 23.8 Å². The van der Waals surface area contributed by atoms with E-state index in [2.05, 4.69) is 37.0 Å². The number of hydrogen-bond acceptors (Lipinski definition) is 3. The summed E-state index contributed by atoms with van der Waals surface area (Å²) in [4.78, 5) is 19.3. The van der Waals surface area contributed by atoms with E-state index < -0.39 is 0 Å². The largest absolute Gasteiger partial charge is 0.345 e. The molecule has 0 radical (unpaired) electrons. The van der Waals surface area contributed by atoms with Crippen LogP contribution in [0.25, 0.3) is 0 Å². The Morgan fingerprint density at radius 2 is 1.95 bits per heavy atom. The summed E-state index contributed by atoms with van der Waals surface area (Å²) < 4.78 is 0. The first-order valence-corrected chi connectivity index (χ1v) is 7.22. The third-order valence-electron chi connectivity index (χ3n) is 2.96. The highest BCUT2D eigenvalue weighted by molar-refractivity contribution is 7.99. The Hall–Kier alpha value is -1.81. The molecule has 0 fully saturated rings. The van der Waals surface area contributed by atoms with Crippen molar-refractivity contribution in [1.82, 2.24) is 9.88 Å². The van der Waals surface area contributed by atoms with E-state index in [0.717, 1.165) is 9.92 Å². The summed E-state index contributed by atoms with van der Waals surface area (Å²) in [7, 11) is 3.50. The van der Waals surface area contributed by atoms with E-state index in [1.165, 1.54) is 11.1 Å². The first kappa shape index (κ1) is 14.6. The number of aryl methyl sites for hydroxylation is 2. The molecule has 0 unspecified atom stereocenters. The standard InChI is InChI=1S/C16H18N2OS/c1-11-7-8-12(2)14(10-11)20-15-13(6-5-9-17-15)16(19)18(3)4/h5-10H,1-4H3. The Labute approximate surface area is 124 Å². The second-order valence-corrected chi connectivity index (χ2v) is 5.96. The number of aromatic nitrogens is 1. The Morgan fingerprint density at radius 1 is 1.20 bits per heavy atom. The van der Waals surface area contributed by atoms with Crippen LogP contribution in [0.5, 0.6) is 0 Å².